The van der Waals surface area contributed by atoms with Crippen LogP contribution in [0.3, 0.4) is 0 Å². The van der Waals surface area contributed by atoms with Gasteiger partial charge >= 0.3 is 0 Å². The van der Waals surface area contributed by atoms with Gasteiger partial charge in [0.2, 0.25) is 0 Å². The highest BCUT2D eigenvalue weighted by Crippen LogP contribution is 2.16. The third-order valence-electron chi connectivity index (χ3n) is 2.76. The Morgan fingerprint density at radius 2 is 2.00 bits per heavy atom. The number of nitrogens with zero attached hydrogens (tertiary/aromatic N) is 1. The van der Waals surface area contributed by atoms with Gasteiger partial charge in [0.25, 0.3) is 10.0 Å². The van der Waals surface area contributed by atoms with Gasteiger partial charge < -0.3 is 5.11 Å². The molecule has 98 valence electrons. The molecule has 0 saturated carbocycles. The minimum absolute atomic E-state index is 0.107. The van der Waals surface area contributed by atoms with Crippen LogP contribution in [-0.2, 0) is 16.6 Å². The largest absolute Gasteiger partial charge is 0.392 e. The Morgan fingerprint density at radius 1 is 1.41 bits per heavy atom. The molecule has 1 aromatic heterocycles. The highest BCUT2D eigenvalue weighted by molar-refractivity contribution is 7.89. The van der Waals surface area contributed by atoms with Gasteiger partial charge in [0, 0.05) is 17.3 Å². The normalized spacial score (nSPS) is 12.3. The van der Waals surface area contributed by atoms with Crippen molar-refractivity contribution >= 4 is 10.0 Å². The van der Waals surface area contributed by atoms with Crippen molar-refractivity contribution < 1.29 is 13.5 Å². The summed E-state index contributed by atoms with van der Waals surface area (Å²) in [5, 5.41) is 15.4. The number of rotatable bonds is 6. The van der Waals surface area contributed by atoms with Crippen LogP contribution in [0.4, 0.5) is 0 Å². The molecule has 6 nitrogen and oxygen atoms in total. The number of aliphatic hydroxyl groups is 1. The summed E-state index contributed by atoms with van der Waals surface area (Å²) in [4.78, 5) is 0. The van der Waals surface area contributed by atoms with Crippen LogP contribution in [0.2, 0.25) is 0 Å². The molecule has 0 aliphatic rings. The van der Waals surface area contributed by atoms with Crippen molar-refractivity contribution in [1.29, 1.82) is 0 Å². The van der Waals surface area contributed by atoms with Gasteiger partial charge in [-0.2, -0.15) is 5.10 Å². The summed E-state index contributed by atoms with van der Waals surface area (Å²) < 4.78 is 26.7. The predicted molar refractivity (Wildman–Crippen MR) is 63.9 cm³/mol. The number of hydrogen-bond acceptors (Lipinski definition) is 4. The summed E-state index contributed by atoms with van der Waals surface area (Å²) in [5.41, 5.74) is 0.890. The second kappa shape index (κ2) is 5.61. The van der Waals surface area contributed by atoms with Gasteiger partial charge in [0.05, 0.1) is 6.61 Å². The first kappa shape index (κ1) is 14.1. The lowest BCUT2D eigenvalue weighted by Gasteiger charge is -2.14. The molecule has 0 spiro atoms. The Hall–Kier alpha value is -0.920. The number of aromatic amines is 1. The molecule has 0 amide bonds. The number of hydrogen-bond donors (Lipinski definition) is 3. The van der Waals surface area contributed by atoms with Crippen molar-refractivity contribution in [3.63, 3.8) is 0 Å². The summed E-state index contributed by atoms with van der Waals surface area (Å²) in [7, 11) is -3.66. The van der Waals surface area contributed by atoms with Crippen LogP contribution in [-0.4, -0.2) is 29.8 Å². The summed E-state index contributed by atoms with van der Waals surface area (Å²) in [6, 6.07) is -0.108. The summed E-state index contributed by atoms with van der Waals surface area (Å²) >= 11 is 0. The van der Waals surface area contributed by atoms with E-state index in [1.807, 2.05) is 13.8 Å². The monoisotopic (exact) mass is 261 g/mol. The van der Waals surface area contributed by atoms with E-state index in [4.69, 9.17) is 5.11 Å². The molecule has 1 heterocycles. The minimum atomic E-state index is -3.66. The van der Waals surface area contributed by atoms with Gasteiger partial charge in [-0.05, 0) is 19.8 Å². The van der Waals surface area contributed by atoms with Crippen LogP contribution in [0.25, 0.3) is 0 Å². The number of aromatic nitrogens is 2. The van der Waals surface area contributed by atoms with Crippen LogP contribution < -0.4 is 4.72 Å². The van der Waals surface area contributed by atoms with E-state index in [9.17, 15) is 8.42 Å². The third-order valence-corrected chi connectivity index (χ3v) is 4.25. The molecule has 0 aliphatic carbocycles. The minimum Gasteiger partial charge on any atom is -0.392 e. The van der Waals surface area contributed by atoms with Gasteiger partial charge in [0.1, 0.15) is 0 Å². The van der Waals surface area contributed by atoms with Crippen molar-refractivity contribution in [2.75, 3.05) is 0 Å². The first-order valence-corrected chi connectivity index (χ1v) is 7.11. The maximum Gasteiger partial charge on any atom is 0.260 e. The van der Waals surface area contributed by atoms with E-state index < -0.39 is 10.0 Å². The standard InChI is InChI=1S/C10H19N3O3S/c1-4-8(5-2)13-17(15,16)10-9(6-14)7(3)11-12-10/h8,13-14H,4-6H2,1-3H3,(H,11,12). The van der Waals surface area contributed by atoms with Crippen LogP contribution in [0, 0.1) is 6.92 Å². The van der Waals surface area contributed by atoms with Crippen molar-refractivity contribution in [3.05, 3.63) is 11.3 Å². The zero-order valence-corrected chi connectivity index (χ0v) is 11.1. The molecule has 7 heteroatoms. The van der Waals surface area contributed by atoms with Crippen LogP contribution in [0.5, 0.6) is 0 Å². The number of sulfonamides is 1. The van der Waals surface area contributed by atoms with Gasteiger partial charge in [-0.15, -0.1) is 0 Å². The van der Waals surface area contributed by atoms with Crippen molar-refractivity contribution in [2.24, 2.45) is 0 Å². The third kappa shape index (κ3) is 3.05. The summed E-state index contributed by atoms with van der Waals surface area (Å²) in [6.45, 7) is 5.16. The van der Waals surface area contributed by atoms with Gasteiger partial charge in [-0.3, -0.25) is 5.10 Å². The Morgan fingerprint density at radius 3 is 2.47 bits per heavy atom. The summed E-state index contributed by atoms with van der Waals surface area (Å²) in [6.07, 6.45) is 1.43. The lowest BCUT2D eigenvalue weighted by molar-refractivity contribution is 0.277. The van der Waals surface area contributed by atoms with Gasteiger partial charge in [0.15, 0.2) is 5.03 Å². The predicted octanol–water partition coefficient (Wildman–Crippen LogP) is 0.677. The Kier molecular flexibility index (Phi) is 4.67. The lowest BCUT2D eigenvalue weighted by atomic mass is 10.2. The molecule has 0 saturated heterocycles. The molecule has 1 rings (SSSR count). The number of nitrogens with one attached hydrogen (secondary N) is 2. The molecule has 0 bridgehead atoms. The van der Waals surface area contributed by atoms with Crippen LogP contribution in [0.1, 0.15) is 37.9 Å². The van der Waals surface area contributed by atoms with Crippen molar-refractivity contribution in [1.82, 2.24) is 14.9 Å². The molecule has 0 unspecified atom stereocenters. The van der Waals surface area contributed by atoms with Crippen LogP contribution >= 0.6 is 0 Å². The van der Waals surface area contributed by atoms with E-state index >= 15 is 0 Å². The fraction of sp³-hybridized carbons (Fsp3) is 0.700. The second-order valence-corrected chi connectivity index (χ2v) is 5.55. The van der Waals surface area contributed by atoms with Crippen molar-refractivity contribution in [2.45, 2.75) is 51.3 Å². The van der Waals surface area contributed by atoms with E-state index in [1.165, 1.54) is 0 Å². The fourth-order valence-corrected chi connectivity index (χ4v) is 3.16. The quantitative estimate of drug-likeness (QED) is 0.701. The van der Waals surface area contributed by atoms with E-state index in [0.717, 1.165) is 0 Å². The van der Waals surface area contributed by atoms with Crippen molar-refractivity contribution in [3.8, 4) is 0 Å². The van der Waals surface area contributed by atoms with Crippen LogP contribution in [0.15, 0.2) is 5.03 Å². The molecule has 0 atom stereocenters. The topological polar surface area (TPSA) is 95.1 Å². The Balaban J connectivity index is 3.05. The second-order valence-electron chi connectivity index (χ2n) is 3.93. The molecule has 0 fully saturated rings. The molecule has 3 N–H and O–H groups in total. The Bertz CT molecular complexity index is 463. The average Bonchev–Trinajstić information content (AvgIpc) is 2.68. The van der Waals surface area contributed by atoms with E-state index in [2.05, 4.69) is 14.9 Å². The number of aliphatic hydroxyl groups excluding tert-OH is 1. The maximum absolute atomic E-state index is 12.0. The SMILES string of the molecule is CCC(CC)NS(=O)(=O)c1n[nH]c(C)c1CO. The fourth-order valence-electron chi connectivity index (χ4n) is 1.57. The van der Waals surface area contributed by atoms with E-state index in [1.54, 1.807) is 6.92 Å². The number of aryl methyl sites for hydroxylation is 1. The molecule has 0 aliphatic heterocycles. The first-order valence-electron chi connectivity index (χ1n) is 5.63. The van der Waals surface area contributed by atoms with Gasteiger partial charge in [-0.25, -0.2) is 13.1 Å². The first-order chi connectivity index (χ1) is 7.96. The molecule has 17 heavy (non-hydrogen) atoms. The Labute approximate surface area is 101 Å². The van der Waals surface area contributed by atoms with Gasteiger partial charge in [-0.1, -0.05) is 13.8 Å². The molecule has 0 radical (unpaired) electrons. The average molecular weight is 261 g/mol. The van der Waals surface area contributed by atoms with E-state index in [0.29, 0.717) is 24.1 Å². The lowest BCUT2D eigenvalue weighted by Crippen LogP contribution is -2.34. The molecule has 0 aromatic carbocycles. The molecular weight excluding hydrogens is 242 g/mol. The highest BCUT2D eigenvalue weighted by Gasteiger charge is 2.25. The molecule has 1 aromatic rings. The summed E-state index contributed by atoms with van der Waals surface area (Å²) in [5.74, 6) is 0. The number of H-pyrrole nitrogens is 1. The maximum atomic E-state index is 12.0. The highest BCUT2D eigenvalue weighted by atomic mass is 32.2. The zero-order chi connectivity index (χ0) is 13.1. The zero-order valence-electron chi connectivity index (χ0n) is 10.3. The van der Waals surface area contributed by atoms with E-state index in [-0.39, 0.29) is 17.7 Å². The smallest absolute Gasteiger partial charge is 0.260 e. The molecular formula is C10H19N3O3S.